The lowest BCUT2D eigenvalue weighted by atomic mass is 9.91. The number of thiophene rings is 1. The van der Waals surface area contributed by atoms with Crippen LogP contribution in [0.25, 0.3) is 5.69 Å². The predicted molar refractivity (Wildman–Crippen MR) is 132 cm³/mol. The van der Waals surface area contributed by atoms with Gasteiger partial charge in [0.15, 0.2) is 11.4 Å². The molecule has 36 heavy (non-hydrogen) atoms. The number of halogens is 1. The lowest BCUT2D eigenvalue weighted by molar-refractivity contribution is 0.0917. The topological polar surface area (TPSA) is 111 Å². The molecule has 0 saturated carbocycles. The first-order valence-corrected chi connectivity index (χ1v) is 12.8. The number of nitrogens with zero attached hydrogens (tertiary/aromatic N) is 3. The third kappa shape index (κ3) is 4.32. The highest BCUT2D eigenvalue weighted by Crippen LogP contribution is 2.28. The van der Waals surface area contributed by atoms with Gasteiger partial charge in [-0.05, 0) is 37.1 Å². The molecule has 0 bridgehead atoms. The molecule has 1 aromatic carbocycles. The SMILES string of the molecule is O=C(NCc1ccc(Cl)s1)c1noc2c1CC(NC(=O)c1nn(-c3ccccc3)c3c1COC3)CC2. The zero-order chi connectivity index (χ0) is 24.6. The summed E-state index contributed by atoms with van der Waals surface area (Å²) in [5, 5.41) is 14.6. The molecule has 0 radical (unpaired) electrons. The summed E-state index contributed by atoms with van der Waals surface area (Å²) in [6, 6.07) is 13.2. The number of nitrogens with one attached hydrogen (secondary N) is 2. The standard InChI is InChI=1S/C25H22ClN5O4S/c26-21-9-7-16(36-21)11-27-24(32)23-17-10-14(6-8-20(17)35-30-23)28-25(33)22-18-12-34-13-19(18)31(29-22)15-4-2-1-3-5-15/h1-5,7,9,14H,6,8,10-13H2,(H,27,32)(H,28,33). The summed E-state index contributed by atoms with van der Waals surface area (Å²) in [5.74, 6) is 0.123. The Bertz CT molecular complexity index is 1440. The average molecular weight is 524 g/mol. The van der Waals surface area contributed by atoms with Gasteiger partial charge in [-0.15, -0.1) is 11.3 Å². The zero-order valence-corrected chi connectivity index (χ0v) is 20.7. The zero-order valence-electron chi connectivity index (χ0n) is 19.1. The number of aromatic nitrogens is 3. The monoisotopic (exact) mass is 523 g/mol. The largest absolute Gasteiger partial charge is 0.370 e. The number of ether oxygens (including phenoxy) is 1. The van der Waals surface area contributed by atoms with Crippen LogP contribution in [0.2, 0.25) is 4.34 Å². The van der Waals surface area contributed by atoms with Crippen molar-refractivity contribution in [2.75, 3.05) is 0 Å². The van der Waals surface area contributed by atoms with Gasteiger partial charge in [0.05, 0.1) is 35.5 Å². The minimum absolute atomic E-state index is 0.174. The maximum Gasteiger partial charge on any atom is 0.274 e. The van der Waals surface area contributed by atoms with Crippen LogP contribution in [0.5, 0.6) is 0 Å². The average Bonchev–Trinajstić information content (AvgIpc) is 3.67. The van der Waals surface area contributed by atoms with Crippen LogP contribution in [0.1, 0.15) is 54.9 Å². The Morgan fingerprint density at radius 1 is 1.08 bits per heavy atom. The minimum Gasteiger partial charge on any atom is -0.370 e. The van der Waals surface area contributed by atoms with Gasteiger partial charge in [0.25, 0.3) is 11.8 Å². The van der Waals surface area contributed by atoms with Crippen LogP contribution in [0, 0.1) is 0 Å². The smallest absolute Gasteiger partial charge is 0.274 e. The Kier molecular flexibility index (Phi) is 6.08. The number of benzene rings is 1. The van der Waals surface area contributed by atoms with E-state index in [4.69, 9.17) is 20.9 Å². The van der Waals surface area contributed by atoms with Crippen molar-refractivity contribution in [3.63, 3.8) is 0 Å². The number of aryl methyl sites for hydroxylation is 1. The fourth-order valence-corrected chi connectivity index (χ4v) is 5.68. The van der Waals surface area contributed by atoms with E-state index in [1.54, 1.807) is 10.7 Å². The van der Waals surface area contributed by atoms with Gasteiger partial charge in [-0.3, -0.25) is 9.59 Å². The maximum atomic E-state index is 13.3. The van der Waals surface area contributed by atoms with E-state index < -0.39 is 0 Å². The molecule has 9 nitrogen and oxygen atoms in total. The normalized spacial score (nSPS) is 16.4. The molecule has 1 unspecified atom stereocenters. The van der Waals surface area contributed by atoms with Crippen LogP contribution < -0.4 is 10.6 Å². The van der Waals surface area contributed by atoms with Gasteiger partial charge in [0.1, 0.15) is 5.76 Å². The van der Waals surface area contributed by atoms with Gasteiger partial charge in [-0.25, -0.2) is 4.68 Å². The molecule has 6 rings (SSSR count). The molecule has 2 aliphatic rings. The highest BCUT2D eigenvalue weighted by Gasteiger charge is 2.32. The Morgan fingerprint density at radius 3 is 2.75 bits per heavy atom. The minimum atomic E-state index is -0.312. The molecular weight excluding hydrogens is 502 g/mol. The molecule has 1 atom stereocenters. The molecule has 184 valence electrons. The van der Waals surface area contributed by atoms with E-state index >= 15 is 0 Å². The van der Waals surface area contributed by atoms with Crippen molar-refractivity contribution >= 4 is 34.8 Å². The molecule has 0 saturated heterocycles. The van der Waals surface area contributed by atoms with Crippen molar-refractivity contribution in [3.05, 3.63) is 85.6 Å². The van der Waals surface area contributed by atoms with E-state index in [1.165, 1.54) is 11.3 Å². The van der Waals surface area contributed by atoms with E-state index in [2.05, 4.69) is 20.9 Å². The summed E-state index contributed by atoms with van der Waals surface area (Å²) in [7, 11) is 0. The molecule has 11 heteroatoms. The third-order valence-electron chi connectivity index (χ3n) is 6.43. The number of carbonyl (C=O) groups excluding carboxylic acids is 2. The first kappa shape index (κ1) is 23.0. The molecule has 4 heterocycles. The highest BCUT2D eigenvalue weighted by molar-refractivity contribution is 7.16. The van der Waals surface area contributed by atoms with E-state index in [-0.39, 0.29) is 23.6 Å². The van der Waals surface area contributed by atoms with Crippen molar-refractivity contribution in [2.45, 2.75) is 45.1 Å². The van der Waals surface area contributed by atoms with Crippen molar-refractivity contribution in [1.29, 1.82) is 0 Å². The number of rotatable bonds is 6. The Morgan fingerprint density at radius 2 is 1.94 bits per heavy atom. The number of carbonyl (C=O) groups is 2. The second kappa shape index (κ2) is 9.53. The van der Waals surface area contributed by atoms with Crippen molar-refractivity contribution in [1.82, 2.24) is 25.6 Å². The fraction of sp³-hybridized carbons (Fsp3) is 0.280. The Hall–Kier alpha value is -3.47. The van der Waals surface area contributed by atoms with Gasteiger partial charge in [-0.2, -0.15) is 5.10 Å². The number of para-hydroxylation sites is 1. The van der Waals surface area contributed by atoms with E-state index in [0.717, 1.165) is 27.4 Å². The number of amides is 2. The number of hydrogen-bond acceptors (Lipinski definition) is 7. The van der Waals surface area contributed by atoms with Gasteiger partial charge in [-0.1, -0.05) is 35.0 Å². The first-order valence-electron chi connectivity index (χ1n) is 11.6. The van der Waals surface area contributed by atoms with Crippen LogP contribution in [-0.2, 0) is 37.3 Å². The molecule has 3 aromatic heterocycles. The summed E-state index contributed by atoms with van der Waals surface area (Å²) < 4.78 is 13.5. The molecule has 2 amide bonds. The lowest BCUT2D eigenvalue weighted by Crippen LogP contribution is -2.39. The first-order chi connectivity index (χ1) is 17.6. The van der Waals surface area contributed by atoms with Crippen LogP contribution >= 0.6 is 22.9 Å². The molecular formula is C25H22ClN5O4S. The molecule has 1 aliphatic heterocycles. The fourth-order valence-electron chi connectivity index (χ4n) is 4.66. The van der Waals surface area contributed by atoms with Crippen molar-refractivity contribution in [2.24, 2.45) is 0 Å². The third-order valence-corrected chi connectivity index (χ3v) is 7.66. The molecule has 0 fully saturated rings. The highest BCUT2D eigenvalue weighted by atomic mass is 35.5. The van der Waals surface area contributed by atoms with Gasteiger partial charge in [0.2, 0.25) is 0 Å². The summed E-state index contributed by atoms with van der Waals surface area (Å²) in [4.78, 5) is 27.0. The second-order valence-electron chi connectivity index (χ2n) is 8.75. The molecule has 4 aromatic rings. The molecule has 2 N–H and O–H groups in total. The van der Waals surface area contributed by atoms with E-state index in [1.807, 2.05) is 36.4 Å². The predicted octanol–water partition coefficient (Wildman–Crippen LogP) is 3.82. The van der Waals surface area contributed by atoms with Gasteiger partial charge >= 0.3 is 0 Å². The summed E-state index contributed by atoms with van der Waals surface area (Å²) >= 11 is 7.38. The molecule has 1 aliphatic carbocycles. The van der Waals surface area contributed by atoms with Crippen LogP contribution in [0.3, 0.4) is 0 Å². The van der Waals surface area contributed by atoms with Crippen LogP contribution in [-0.4, -0.2) is 32.8 Å². The van der Waals surface area contributed by atoms with E-state index in [0.29, 0.717) is 54.8 Å². The van der Waals surface area contributed by atoms with Crippen LogP contribution in [0.4, 0.5) is 0 Å². The van der Waals surface area contributed by atoms with Gasteiger partial charge < -0.3 is 19.9 Å². The summed E-state index contributed by atoms with van der Waals surface area (Å²) in [6.45, 7) is 1.12. The van der Waals surface area contributed by atoms with Crippen molar-refractivity contribution in [3.8, 4) is 5.69 Å². The maximum absolute atomic E-state index is 13.3. The second-order valence-corrected chi connectivity index (χ2v) is 10.5. The quantitative estimate of drug-likeness (QED) is 0.397. The lowest BCUT2D eigenvalue weighted by Gasteiger charge is -2.22. The summed E-state index contributed by atoms with van der Waals surface area (Å²) in [6.07, 6.45) is 1.72. The summed E-state index contributed by atoms with van der Waals surface area (Å²) in [5.41, 5.74) is 3.94. The number of hydrogen-bond donors (Lipinski definition) is 2. The van der Waals surface area contributed by atoms with E-state index in [9.17, 15) is 9.59 Å². The van der Waals surface area contributed by atoms with Gasteiger partial charge in [0, 0.05) is 28.5 Å². The number of fused-ring (bicyclic) bond motifs is 2. The Labute approximate surface area is 215 Å². The van der Waals surface area contributed by atoms with Crippen LogP contribution in [0.15, 0.2) is 47.0 Å². The van der Waals surface area contributed by atoms with Crippen molar-refractivity contribution < 1.29 is 18.8 Å². The Balaban J connectivity index is 1.16. The molecule has 0 spiro atoms.